The van der Waals surface area contributed by atoms with Crippen LogP contribution in [0.15, 0.2) is 23.4 Å². The van der Waals surface area contributed by atoms with Crippen molar-refractivity contribution in [3.63, 3.8) is 0 Å². The van der Waals surface area contributed by atoms with E-state index in [9.17, 15) is 4.79 Å². The molecule has 1 aromatic rings. The second kappa shape index (κ2) is 4.72. The van der Waals surface area contributed by atoms with Gasteiger partial charge in [-0.3, -0.25) is 4.57 Å². The zero-order valence-corrected chi connectivity index (χ0v) is 9.54. The molecule has 0 atom stereocenters. The van der Waals surface area contributed by atoms with Crippen LogP contribution in [0.5, 0.6) is 0 Å². The predicted molar refractivity (Wildman–Crippen MR) is 58.9 cm³/mol. The molecule has 6 nitrogen and oxygen atoms in total. The molecule has 0 bridgehead atoms. The van der Waals surface area contributed by atoms with Gasteiger partial charge in [-0.2, -0.15) is 0 Å². The third-order valence-corrected chi connectivity index (χ3v) is 1.72. The molecule has 0 aliphatic rings. The average molecular weight is 222 g/mol. The van der Waals surface area contributed by atoms with E-state index in [0.717, 1.165) is 0 Å². The van der Waals surface area contributed by atoms with Crippen molar-refractivity contribution in [2.75, 3.05) is 0 Å². The Hall–Kier alpha value is -1.94. The number of rotatable bonds is 2. The van der Waals surface area contributed by atoms with Crippen LogP contribution in [0.1, 0.15) is 26.5 Å². The van der Waals surface area contributed by atoms with Crippen molar-refractivity contribution >= 4 is 6.09 Å². The first-order valence-corrected chi connectivity index (χ1v) is 4.84. The van der Waals surface area contributed by atoms with Crippen LogP contribution >= 0.6 is 0 Å². The lowest BCUT2D eigenvalue weighted by Crippen LogP contribution is -2.27. The summed E-state index contributed by atoms with van der Waals surface area (Å²) in [5.41, 5.74) is 8.27. The van der Waals surface area contributed by atoms with Crippen LogP contribution in [0, 0.1) is 0 Å². The summed E-state index contributed by atoms with van der Waals surface area (Å²) in [7, 11) is 0. The number of hydrogen-bond acceptors (Lipinski definition) is 3. The maximum atomic E-state index is 11.7. The molecule has 0 saturated carbocycles. The summed E-state index contributed by atoms with van der Waals surface area (Å²) < 4.78 is 6.53. The molecule has 1 heterocycles. The lowest BCUT2D eigenvalue weighted by Gasteiger charge is -2.20. The second-order valence-corrected chi connectivity index (χ2v) is 4.24. The van der Waals surface area contributed by atoms with Gasteiger partial charge in [-0.05, 0) is 38.4 Å². The summed E-state index contributed by atoms with van der Waals surface area (Å²) in [5, 5.41) is 3.41. The number of azide groups is 1. The fourth-order valence-electron chi connectivity index (χ4n) is 1.14. The fourth-order valence-corrected chi connectivity index (χ4v) is 1.14. The zero-order chi connectivity index (χ0) is 12.2. The molecule has 0 aliphatic carbocycles. The SMILES string of the molecule is CC(C)(C)OC(=O)n1cccc1CN=[N+]=[N-]. The summed E-state index contributed by atoms with van der Waals surface area (Å²) in [6, 6.07) is 3.41. The Balaban J connectivity index is 2.83. The highest BCUT2D eigenvalue weighted by Gasteiger charge is 2.18. The smallest absolute Gasteiger partial charge is 0.418 e. The van der Waals surface area contributed by atoms with Gasteiger partial charge in [0.25, 0.3) is 0 Å². The number of nitrogens with zero attached hydrogens (tertiary/aromatic N) is 4. The minimum atomic E-state index is -0.545. The van der Waals surface area contributed by atoms with Gasteiger partial charge in [0.05, 0.1) is 6.54 Å². The van der Waals surface area contributed by atoms with Crippen molar-refractivity contribution in [2.24, 2.45) is 5.11 Å². The molecule has 0 saturated heterocycles. The monoisotopic (exact) mass is 222 g/mol. The molecule has 0 radical (unpaired) electrons. The van der Waals surface area contributed by atoms with E-state index in [1.807, 2.05) is 0 Å². The van der Waals surface area contributed by atoms with Gasteiger partial charge in [-0.15, -0.1) is 0 Å². The Kier molecular flexibility index (Phi) is 3.58. The average Bonchev–Trinajstić information content (AvgIpc) is 2.59. The molecule has 0 N–H and O–H groups in total. The van der Waals surface area contributed by atoms with Gasteiger partial charge >= 0.3 is 6.09 Å². The third-order valence-electron chi connectivity index (χ3n) is 1.72. The van der Waals surface area contributed by atoms with E-state index in [1.54, 1.807) is 39.1 Å². The van der Waals surface area contributed by atoms with Crippen LogP contribution in [-0.4, -0.2) is 16.3 Å². The summed E-state index contributed by atoms with van der Waals surface area (Å²) in [6.07, 6.45) is 1.11. The maximum Gasteiger partial charge on any atom is 0.418 e. The van der Waals surface area contributed by atoms with Gasteiger partial charge in [0.15, 0.2) is 0 Å². The zero-order valence-electron chi connectivity index (χ0n) is 9.54. The molecule has 0 amide bonds. The highest BCUT2D eigenvalue weighted by atomic mass is 16.6. The van der Waals surface area contributed by atoms with Crippen molar-refractivity contribution < 1.29 is 9.53 Å². The highest BCUT2D eigenvalue weighted by Crippen LogP contribution is 2.11. The van der Waals surface area contributed by atoms with Gasteiger partial charge in [0.1, 0.15) is 5.60 Å². The van der Waals surface area contributed by atoms with E-state index in [-0.39, 0.29) is 6.54 Å². The first-order valence-electron chi connectivity index (χ1n) is 4.84. The largest absolute Gasteiger partial charge is 0.443 e. The number of hydrogen-bond donors (Lipinski definition) is 0. The quantitative estimate of drug-likeness (QED) is 0.437. The molecule has 86 valence electrons. The normalized spacial score (nSPS) is 10.7. The Labute approximate surface area is 93.4 Å². The molecule has 0 fully saturated rings. The number of aromatic nitrogens is 1. The molecular formula is C10H14N4O2. The van der Waals surface area contributed by atoms with Gasteiger partial charge in [-0.1, -0.05) is 5.11 Å². The molecule has 1 aromatic heterocycles. The van der Waals surface area contributed by atoms with Crippen LogP contribution in [0.3, 0.4) is 0 Å². The van der Waals surface area contributed by atoms with Gasteiger partial charge in [0, 0.05) is 16.8 Å². The van der Waals surface area contributed by atoms with Crippen LogP contribution in [0.25, 0.3) is 10.4 Å². The van der Waals surface area contributed by atoms with Gasteiger partial charge in [-0.25, -0.2) is 4.79 Å². The lowest BCUT2D eigenvalue weighted by atomic mass is 10.2. The minimum Gasteiger partial charge on any atom is -0.443 e. The van der Waals surface area contributed by atoms with Crippen molar-refractivity contribution in [3.05, 3.63) is 34.5 Å². The van der Waals surface area contributed by atoms with Crippen molar-refractivity contribution in [2.45, 2.75) is 32.9 Å². The molecule has 0 aliphatic heterocycles. The summed E-state index contributed by atoms with van der Waals surface area (Å²) >= 11 is 0. The molecule has 0 unspecified atom stereocenters. The van der Waals surface area contributed by atoms with E-state index in [2.05, 4.69) is 10.0 Å². The van der Waals surface area contributed by atoms with E-state index in [4.69, 9.17) is 10.3 Å². The van der Waals surface area contributed by atoms with Gasteiger partial charge < -0.3 is 4.74 Å². The van der Waals surface area contributed by atoms with E-state index >= 15 is 0 Å². The number of carbonyl (C=O) groups is 1. The molecule has 0 spiro atoms. The van der Waals surface area contributed by atoms with Crippen LogP contribution in [0.4, 0.5) is 4.79 Å². The van der Waals surface area contributed by atoms with Crippen LogP contribution < -0.4 is 0 Å². The third kappa shape index (κ3) is 3.33. The van der Waals surface area contributed by atoms with Crippen molar-refractivity contribution in [1.29, 1.82) is 0 Å². The minimum absolute atomic E-state index is 0.128. The Morgan fingerprint density at radius 2 is 2.31 bits per heavy atom. The van der Waals surface area contributed by atoms with E-state index in [0.29, 0.717) is 5.69 Å². The molecule has 6 heteroatoms. The summed E-state index contributed by atoms with van der Waals surface area (Å²) in [4.78, 5) is 14.4. The first kappa shape index (κ1) is 12.1. The summed E-state index contributed by atoms with van der Waals surface area (Å²) in [6.45, 7) is 5.51. The Morgan fingerprint density at radius 1 is 1.62 bits per heavy atom. The van der Waals surface area contributed by atoms with E-state index < -0.39 is 11.7 Å². The van der Waals surface area contributed by atoms with Crippen LogP contribution in [0.2, 0.25) is 0 Å². The van der Waals surface area contributed by atoms with Crippen molar-refractivity contribution in [3.8, 4) is 0 Å². The molecular weight excluding hydrogens is 208 g/mol. The Morgan fingerprint density at radius 3 is 2.88 bits per heavy atom. The first-order chi connectivity index (χ1) is 7.44. The van der Waals surface area contributed by atoms with Crippen molar-refractivity contribution in [1.82, 2.24) is 4.57 Å². The molecule has 1 rings (SSSR count). The lowest BCUT2D eigenvalue weighted by molar-refractivity contribution is 0.0533. The van der Waals surface area contributed by atoms with Crippen LogP contribution in [-0.2, 0) is 11.3 Å². The van der Waals surface area contributed by atoms with E-state index in [1.165, 1.54) is 4.57 Å². The number of ether oxygens (including phenoxy) is 1. The molecule has 16 heavy (non-hydrogen) atoms. The fraction of sp³-hybridized carbons (Fsp3) is 0.500. The summed E-state index contributed by atoms with van der Waals surface area (Å²) in [5.74, 6) is 0. The van der Waals surface area contributed by atoms with Gasteiger partial charge in [0.2, 0.25) is 0 Å². The highest BCUT2D eigenvalue weighted by molar-refractivity contribution is 5.72. The maximum absolute atomic E-state index is 11.7. The Bertz CT molecular complexity index is 424. The molecule has 0 aromatic carbocycles. The topological polar surface area (TPSA) is 80.0 Å². The standard InChI is InChI=1S/C10H14N4O2/c1-10(2,3)16-9(15)14-6-4-5-8(14)7-12-13-11/h4-6H,7H2,1-3H3. The predicted octanol–water partition coefficient (Wildman–Crippen LogP) is 3.08. The second-order valence-electron chi connectivity index (χ2n) is 4.24. The number of carbonyl (C=O) groups excluding carboxylic acids is 1.